The smallest absolute Gasteiger partial charge is 0.243 e. The van der Waals surface area contributed by atoms with Crippen LogP contribution in [-0.4, -0.2) is 51.2 Å². The summed E-state index contributed by atoms with van der Waals surface area (Å²) in [6, 6.07) is 5.71. The molecule has 1 rings (SSSR count). The standard InChI is InChI=1S/C13H20N4O4S.ClH/c1-10(18)16-11-3-5-12(6-4-11)22(20,21)17(2)9-13(19)15-8-7-14;/h3-6H,7-9,14H2,1-2H3,(H,15,19)(H,16,18);1H. The Morgan fingerprint density at radius 3 is 2.26 bits per heavy atom. The molecule has 0 aliphatic heterocycles. The molecule has 23 heavy (non-hydrogen) atoms. The summed E-state index contributed by atoms with van der Waals surface area (Å²) >= 11 is 0. The van der Waals surface area contributed by atoms with Crippen molar-refractivity contribution in [3.63, 3.8) is 0 Å². The number of benzene rings is 1. The number of sulfonamides is 1. The molecule has 4 N–H and O–H groups in total. The van der Waals surface area contributed by atoms with E-state index in [2.05, 4.69) is 10.6 Å². The lowest BCUT2D eigenvalue weighted by molar-refractivity contribution is -0.121. The maximum Gasteiger partial charge on any atom is 0.243 e. The molecule has 0 aliphatic rings. The van der Waals surface area contributed by atoms with Gasteiger partial charge in [0.1, 0.15) is 0 Å². The summed E-state index contributed by atoms with van der Waals surface area (Å²) in [7, 11) is -2.46. The second-order valence-electron chi connectivity index (χ2n) is 4.61. The summed E-state index contributed by atoms with van der Waals surface area (Å²) in [4.78, 5) is 22.5. The molecular weight excluding hydrogens is 344 g/mol. The molecule has 10 heteroatoms. The van der Waals surface area contributed by atoms with E-state index in [0.717, 1.165) is 4.31 Å². The SMILES string of the molecule is CC(=O)Nc1ccc(S(=O)(=O)N(C)CC(=O)NCCN)cc1.Cl. The van der Waals surface area contributed by atoms with E-state index >= 15 is 0 Å². The Bertz CT molecular complexity index is 634. The first-order chi connectivity index (χ1) is 10.3. The third-order valence-electron chi connectivity index (χ3n) is 2.72. The molecule has 0 aromatic heterocycles. The zero-order valence-corrected chi connectivity index (χ0v) is 14.5. The summed E-state index contributed by atoms with van der Waals surface area (Å²) in [6.07, 6.45) is 0. The van der Waals surface area contributed by atoms with Gasteiger partial charge in [-0.25, -0.2) is 8.42 Å². The molecular formula is C13H21ClN4O4S. The summed E-state index contributed by atoms with van der Waals surface area (Å²) in [5, 5.41) is 5.04. The number of halogens is 1. The van der Waals surface area contributed by atoms with Gasteiger partial charge in [0.25, 0.3) is 0 Å². The van der Waals surface area contributed by atoms with Crippen molar-refractivity contribution < 1.29 is 18.0 Å². The molecule has 1 aromatic carbocycles. The molecule has 0 saturated carbocycles. The second kappa shape index (κ2) is 9.46. The number of nitrogens with two attached hydrogens (primary N) is 1. The number of likely N-dealkylation sites (N-methyl/N-ethyl adjacent to an activating group) is 1. The summed E-state index contributed by atoms with van der Waals surface area (Å²) in [5.41, 5.74) is 5.75. The first-order valence-corrected chi connectivity index (χ1v) is 8.02. The number of hydrogen-bond acceptors (Lipinski definition) is 5. The van der Waals surface area contributed by atoms with Crippen molar-refractivity contribution in [2.24, 2.45) is 5.73 Å². The molecule has 8 nitrogen and oxygen atoms in total. The average Bonchev–Trinajstić information content (AvgIpc) is 2.45. The fourth-order valence-electron chi connectivity index (χ4n) is 1.65. The molecule has 0 spiro atoms. The molecule has 1 aromatic rings. The first kappa shape index (κ1) is 21.3. The van der Waals surface area contributed by atoms with E-state index in [4.69, 9.17) is 5.73 Å². The summed E-state index contributed by atoms with van der Waals surface area (Å²) in [6.45, 7) is 1.64. The van der Waals surface area contributed by atoms with E-state index in [1.807, 2.05) is 0 Å². The normalized spacial score (nSPS) is 10.8. The van der Waals surface area contributed by atoms with E-state index in [9.17, 15) is 18.0 Å². The Morgan fingerprint density at radius 1 is 1.22 bits per heavy atom. The fraction of sp³-hybridized carbons (Fsp3) is 0.385. The summed E-state index contributed by atoms with van der Waals surface area (Å²) < 4.78 is 25.6. The highest BCUT2D eigenvalue weighted by Gasteiger charge is 2.22. The van der Waals surface area contributed by atoms with E-state index < -0.39 is 15.9 Å². The van der Waals surface area contributed by atoms with Crippen molar-refractivity contribution in [1.29, 1.82) is 0 Å². The van der Waals surface area contributed by atoms with Crippen molar-refractivity contribution in [3.05, 3.63) is 24.3 Å². The number of amides is 2. The molecule has 0 heterocycles. The number of nitrogens with zero attached hydrogens (tertiary/aromatic N) is 1. The monoisotopic (exact) mass is 364 g/mol. The highest BCUT2D eigenvalue weighted by molar-refractivity contribution is 7.89. The van der Waals surface area contributed by atoms with E-state index in [0.29, 0.717) is 5.69 Å². The van der Waals surface area contributed by atoms with Gasteiger partial charge in [-0.05, 0) is 24.3 Å². The maximum atomic E-state index is 12.3. The number of nitrogens with one attached hydrogen (secondary N) is 2. The van der Waals surface area contributed by atoms with Gasteiger partial charge in [-0.15, -0.1) is 12.4 Å². The van der Waals surface area contributed by atoms with Crippen LogP contribution >= 0.6 is 12.4 Å². The maximum absolute atomic E-state index is 12.3. The number of hydrogen-bond donors (Lipinski definition) is 3. The van der Waals surface area contributed by atoms with Crippen LogP contribution < -0.4 is 16.4 Å². The van der Waals surface area contributed by atoms with Crippen LogP contribution in [0.5, 0.6) is 0 Å². The molecule has 0 atom stereocenters. The topological polar surface area (TPSA) is 122 Å². The lowest BCUT2D eigenvalue weighted by Crippen LogP contribution is -2.39. The van der Waals surface area contributed by atoms with Crippen LogP contribution in [0.25, 0.3) is 0 Å². The molecule has 0 unspecified atom stereocenters. The number of rotatable bonds is 7. The highest BCUT2D eigenvalue weighted by Crippen LogP contribution is 2.17. The van der Waals surface area contributed by atoms with Crippen LogP contribution in [-0.2, 0) is 19.6 Å². The highest BCUT2D eigenvalue weighted by atomic mass is 35.5. The molecule has 0 aliphatic carbocycles. The first-order valence-electron chi connectivity index (χ1n) is 6.58. The quantitative estimate of drug-likeness (QED) is 0.616. The lowest BCUT2D eigenvalue weighted by atomic mass is 10.3. The Kier molecular flexibility index (Phi) is 8.77. The van der Waals surface area contributed by atoms with Crippen molar-refractivity contribution in [1.82, 2.24) is 9.62 Å². The van der Waals surface area contributed by atoms with E-state index in [1.165, 1.54) is 38.2 Å². The largest absolute Gasteiger partial charge is 0.354 e. The average molecular weight is 365 g/mol. The van der Waals surface area contributed by atoms with Crippen LogP contribution in [0.3, 0.4) is 0 Å². The third-order valence-corrected chi connectivity index (χ3v) is 4.53. The molecule has 0 radical (unpaired) electrons. The van der Waals surface area contributed by atoms with Crippen molar-refractivity contribution in [2.75, 3.05) is 32.0 Å². The molecule has 0 fully saturated rings. The van der Waals surface area contributed by atoms with Crippen LogP contribution in [0.4, 0.5) is 5.69 Å². The minimum absolute atomic E-state index is 0. The van der Waals surface area contributed by atoms with E-state index in [1.54, 1.807) is 0 Å². The molecule has 0 bridgehead atoms. The predicted octanol–water partition coefficient (Wildman–Crippen LogP) is -0.238. The van der Waals surface area contributed by atoms with Gasteiger partial charge in [0.05, 0.1) is 11.4 Å². The molecule has 130 valence electrons. The van der Waals surface area contributed by atoms with Crippen LogP contribution in [0.2, 0.25) is 0 Å². The predicted molar refractivity (Wildman–Crippen MR) is 89.9 cm³/mol. The number of carbonyl (C=O) groups excluding carboxylic acids is 2. The van der Waals surface area contributed by atoms with Gasteiger partial charge in [0, 0.05) is 32.7 Å². The van der Waals surface area contributed by atoms with Gasteiger partial charge >= 0.3 is 0 Å². The van der Waals surface area contributed by atoms with Gasteiger partial charge < -0.3 is 16.4 Å². The number of carbonyl (C=O) groups is 2. The Labute approximate surface area is 141 Å². The van der Waals surface area contributed by atoms with Crippen LogP contribution in [0.15, 0.2) is 29.2 Å². The molecule has 0 saturated heterocycles. The van der Waals surface area contributed by atoms with Gasteiger partial charge in [-0.2, -0.15) is 4.31 Å². The fourth-order valence-corrected chi connectivity index (χ4v) is 2.78. The minimum Gasteiger partial charge on any atom is -0.354 e. The Balaban J connectivity index is 0.00000484. The van der Waals surface area contributed by atoms with Crippen LogP contribution in [0.1, 0.15) is 6.92 Å². The lowest BCUT2D eigenvalue weighted by Gasteiger charge is -2.17. The zero-order valence-electron chi connectivity index (χ0n) is 12.9. The summed E-state index contributed by atoms with van der Waals surface area (Å²) in [5.74, 6) is -0.671. The van der Waals surface area contributed by atoms with E-state index in [-0.39, 0.29) is 42.8 Å². The van der Waals surface area contributed by atoms with Crippen LogP contribution in [0, 0.1) is 0 Å². The second-order valence-corrected chi connectivity index (χ2v) is 6.65. The Morgan fingerprint density at radius 2 is 1.78 bits per heavy atom. The Hall–Kier alpha value is -1.68. The van der Waals surface area contributed by atoms with Gasteiger partial charge in [0.2, 0.25) is 21.8 Å². The van der Waals surface area contributed by atoms with Gasteiger partial charge in [-0.3, -0.25) is 9.59 Å². The van der Waals surface area contributed by atoms with Crippen molar-refractivity contribution in [3.8, 4) is 0 Å². The third kappa shape index (κ3) is 6.53. The zero-order chi connectivity index (χ0) is 16.8. The molecule has 2 amide bonds. The number of anilines is 1. The minimum atomic E-state index is -3.78. The van der Waals surface area contributed by atoms with Crippen molar-refractivity contribution >= 4 is 39.9 Å². The van der Waals surface area contributed by atoms with Gasteiger partial charge in [-0.1, -0.05) is 0 Å². The van der Waals surface area contributed by atoms with Gasteiger partial charge in [0.15, 0.2) is 0 Å². The van der Waals surface area contributed by atoms with Crippen molar-refractivity contribution in [2.45, 2.75) is 11.8 Å².